The molecule has 0 amide bonds. The number of methoxy groups -OCH3 is 1. The molecule has 2 N–H and O–H groups in total. The summed E-state index contributed by atoms with van der Waals surface area (Å²) in [5.74, 6) is 2.28. The number of hydrogen-bond donors (Lipinski definition) is 2. The van der Waals surface area contributed by atoms with Gasteiger partial charge in [0, 0.05) is 38.4 Å². The summed E-state index contributed by atoms with van der Waals surface area (Å²) in [6.45, 7) is 6.01. The highest BCUT2D eigenvalue weighted by Crippen LogP contribution is 2.39. The number of nitrogens with zero attached hydrogens (tertiary/aromatic N) is 2. The van der Waals surface area contributed by atoms with Crippen molar-refractivity contribution >= 4 is 34.8 Å². The molecule has 8 aromatic rings. The minimum atomic E-state index is 0.634. The maximum atomic E-state index is 6.49. The SMILES string of the molecule is CC.COc1cc(-c2nc(-c3ccccc3Cl)[nH]c2-c2ccccc2Cl)ccc1C.Clc1ccccc1-c1nc(-c2ccccc2)c(-c2ccccc2)[nH]1. The summed E-state index contributed by atoms with van der Waals surface area (Å²) >= 11 is 19.2. The second-order valence-corrected chi connectivity index (χ2v) is 13.2. The number of benzene rings is 6. The molecule has 6 aromatic carbocycles. The minimum Gasteiger partial charge on any atom is -0.496 e. The highest BCUT2D eigenvalue weighted by atomic mass is 35.5. The molecule has 54 heavy (non-hydrogen) atoms. The van der Waals surface area contributed by atoms with Gasteiger partial charge in [0.05, 0.1) is 39.9 Å². The second-order valence-electron chi connectivity index (χ2n) is 12.0. The summed E-state index contributed by atoms with van der Waals surface area (Å²) in [6, 6.07) is 49.5. The summed E-state index contributed by atoms with van der Waals surface area (Å²) in [7, 11) is 1.67. The molecule has 0 radical (unpaired) electrons. The third kappa shape index (κ3) is 8.45. The fraction of sp³-hybridized carbons (Fsp3) is 0.0870. The quantitative estimate of drug-likeness (QED) is 0.170. The van der Waals surface area contributed by atoms with Gasteiger partial charge in [-0.05, 0) is 48.9 Å². The molecular formula is C46H39Cl3N4O. The molecule has 5 nitrogen and oxygen atoms in total. The number of aromatic nitrogens is 4. The minimum absolute atomic E-state index is 0.634. The van der Waals surface area contributed by atoms with Crippen molar-refractivity contribution in [3.63, 3.8) is 0 Å². The lowest BCUT2D eigenvalue weighted by atomic mass is 10.0. The fourth-order valence-corrected chi connectivity index (χ4v) is 6.64. The van der Waals surface area contributed by atoms with Crippen molar-refractivity contribution in [2.24, 2.45) is 0 Å². The average Bonchev–Trinajstić information content (AvgIpc) is 3.86. The van der Waals surface area contributed by atoms with E-state index < -0.39 is 0 Å². The molecule has 0 aliphatic rings. The first kappa shape index (κ1) is 38.1. The Morgan fingerprint density at radius 2 is 0.889 bits per heavy atom. The van der Waals surface area contributed by atoms with Crippen molar-refractivity contribution in [3.05, 3.63) is 172 Å². The van der Waals surface area contributed by atoms with Crippen LogP contribution in [0.4, 0.5) is 0 Å². The number of nitrogens with one attached hydrogen (secondary N) is 2. The van der Waals surface area contributed by atoms with Crippen LogP contribution in [-0.2, 0) is 0 Å². The van der Waals surface area contributed by atoms with Gasteiger partial charge in [0.2, 0.25) is 0 Å². The van der Waals surface area contributed by atoms with Crippen molar-refractivity contribution in [2.45, 2.75) is 20.8 Å². The standard InChI is InChI=1S/C23H18Cl2N2O.C21H15ClN2.C2H6/c1-14-11-12-15(13-20(14)28-2)21-22(16-7-3-5-9-18(16)24)27-23(26-21)17-8-4-6-10-19(17)25;22-18-14-8-7-13-17(18)21-23-19(15-9-3-1-4-10-15)20(24-21)16-11-5-2-6-12-16;1-2/h3-13H,1-2H3,(H,26,27);1-14H,(H,23,24);1-2H3. The van der Waals surface area contributed by atoms with Crippen LogP contribution in [0, 0.1) is 6.92 Å². The Kier molecular flexibility index (Phi) is 12.7. The van der Waals surface area contributed by atoms with Gasteiger partial charge in [-0.25, -0.2) is 9.97 Å². The molecule has 0 aliphatic carbocycles. The zero-order valence-electron chi connectivity index (χ0n) is 30.4. The first-order chi connectivity index (χ1) is 26.4. The Hall–Kier alpha value is -5.59. The van der Waals surface area contributed by atoms with Crippen molar-refractivity contribution in [1.29, 1.82) is 0 Å². The van der Waals surface area contributed by atoms with Gasteiger partial charge in [-0.15, -0.1) is 0 Å². The molecule has 2 heterocycles. The number of aryl methyl sites for hydroxylation is 1. The van der Waals surface area contributed by atoms with Gasteiger partial charge in [-0.2, -0.15) is 0 Å². The van der Waals surface area contributed by atoms with Crippen LogP contribution in [0.25, 0.3) is 67.8 Å². The Morgan fingerprint density at radius 1 is 0.463 bits per heavy atom. The lowest BCUT2D eigenvalue weighted by molar-refractivity contribution is 0.412. The van der Waals surface area contributed by atoms with E-state index in [4.69, 9.17) is 49.5 Å². The molecule has 0 bridgehead atoms. The van der Waals surface area contributed by atoms with Crippen molar-refractivity contribution < 1.29 is 4.74 Å². The maximum absolute atomic E-state index is 6.49. The first-order valence-corrected chi connectivity index (χ1v) is 18.7. The number of halogens is 3. The van der Waals surface area contributed by atoms with E-state index in [1.807, 2.05) is 148 Å². The van der Waals surface area contributed by atoms with E-state index >= 15 is 0 Å². The molecule has 0 saturated heterocycles. The lowest BCUT2D eigenvalue weighted by Gasteiger charge is -2.08. The lowest BCUT2D eigenvalue weighted by Crippen LogP contribution is -1.90. The summed E-state index contributed by atoms with van der Waals surface area (Å²) in [5.41, 5.74) is 10.3. The third-order valence-corrected chi connectivity index (χ3v) is 9.59. The number of rotatable bonds is 7. The van der Waals surface area contributed by atoms with E-state index in [1.165, 1.54) is 0 Å². The first-order valence-electron chi connectivity index (χ1n) is 17.6. The van der Waals surface area contributed by atoms with Gasteiger partial charge in [0.15, 0.2) is 0 Å². The van der Waals surface area contributed by atoms with Crippen LogP contribution in [0.5, 0.6) is 5.75 Å². The molecule has 0 saturated carbocycles. The predicted molar refractivity (Wildman–Crippen MR) is 227 cm³/mol. The molecule has 8 rings (SSSR count). The summed E-state index contributed by atoms with van der Waals surface area (Å²) in [6.07, 6.45) is 0. The van der Waals surface area contributed by atoms with E-state index in [9.17, 15) is 0 Å². The van der Waals surface area contributed by atoms with Crippen LogP contribution in [0.1, 0.15) is 19.4 Å². The highest BCUT2D eigenvalue weighted by molar-refractivity contribution is 6.34. The van der Waals surface area contributed by atoms with Crippen LogP contribution < -0.4 is 4.74 Å². The number of ether oxygens (including phenoxy) is 1. The molecule has 2 aromatic heterocycles. The Bertz CT molecular complexity index is 2400. The van der Waals surface area contributed by atoms with E-state index in [2.05, 4.69) is 34.2 Å². The molecule has 0 fully saturated rings. The van der Waals surface area contributed by atoms with E-state index in [1.54, 1.807) is 7.11 Å². The monoisotopic (exact) mass is 768 g/mol. The normalized spacial score (nSPS) is 10.5. The maximum Gasteiger partial charge on any atom is 0.140 e. The van der Waals surface area contributed by atoms with Gasteiger partial charge in [0.1, 0.15) is 17.4 Å². The third-order valence-electron chi connectivity index (χ3n) is 8.60. The van der Waals surface area contributed by atoms with Crippen molar-refractivity contribution in [2.75, 3.05) is 7.11 Å². The van der Waals surface area contributed by atoms with E-state index in [0.29, 0.717) is 20.9 Å². The zero-order chi connectivity index (χ0) is 38.0. The predicted octanol–water partition coefficient (Wildman–Crippen LogP) is 14.1. The van der Waals surface area contributed by atoms with E-state index in [0.717, 1.165) is 73.3 Å². The van der Waals surface area contributed by atoms with Crippen molar-refractivity contribution in [1.82, 2.24) is 19.9 Å². The molecule has 0 spiro atoms. The molecule has 270 valence electrons. The number of imidazole rings is 2. The molecular weight excluding hydrogens is 731 g/mol. The molecule has 0 aliphatic heterocycles. The largest absolute Gasteiger partial charge is 0.496 e. The van der Waals surface area contributed by atoms with Crippen LogP contribution in [0.2, 0.25) is 15.1 Å². The Morgan fingerprint density at radius 3 is 1.39 bits per heavy atom. The fourth-order valence-electron chi connectivity index (χ4n) is 5.96. The average molecular weight is 770 g/mol. The summed E-state index contributed by atoms with van der Waals surface area (Å²) < 4.78 is 5.50. The van der Waals surface area contributed by atoms with E-state index in [-0.39, 0.29) is 0 Å². The highest BCUT2D eigenvalue weighted by Gasteiger charge is 2.19. The van der Waals surface area contributed by atoms with Crippen LogP contribution in [0.15, 0.2) is 152 Å². The number of H-pyrrole nitrogens is 2. The van der Waals surface area contributed by atoms with Gasteiger partial charge in [0.25, 0.3) is 0 Å². The van der Waals surface area contributed by atoms with Crippen LogP contribution in [-0.4, -0.2) is 27.0 Å². The van der Waals surface area contributed by atoms with Crippen LogP contribution >= 0.6 is 34.8 Å². The number of aromatic amines is 2. The van der Waals surface area contributed by atoms with Gasteiger partial charge in [-0.1, -0.05) is 164 Å². The second kappa shape index (κ2) is 18.0. The summed E-state index contributed by atoms with van der Waals surface area (Å²) in [4.78, 5) is 16.6. The van der Waals surface area contributed by atoms with Crippen molar-refractivity contribution in [3.8, 4) is 73.6 Å². The zero-order valence-corrected chi connectivity index (χ0v) is 32.6. The number of hydrogen-bond acceptors (Lipinski definition) is 3. The topological polar surface area (TPSA) is 66.6 Å². The van der Waals surface area contributed by atoms with Gasteiger partial charge >= 0.3 is 0 Å². The Balaban J connectivity index is 0.000000178. The Labute approximate surface area is 331 Å². The molecule has 0 atom stereocenters. The molecule has 0 unspecified atom stereocenters. The summed E-state index contributed by atoms with van der Waals surface area (Å²) in [5, 5.41) is 1.97. The van der Waals surface area contributed by atoms with Crippen LogP contribution in [0.3, 0.4) is 0 Å². The molecule has 8 heteroatoms. The smallest absolute Gasteiger partial charge is 0.140 e. The van der Waals surface area contributed by atoms with Gasteiger partial charge in [-0.3, -0.25) is 0 Å². The van der Waals surface area contributed by atoms with Gasteiger partial charge < -0.3 is 14.7 Å².